The molecule has 0 aliphatic heterocycles. The molecule has 0 radical (unpaired) electrons. The van der Waals surface area contributed by atoms with Gasteiger partial charge in [0.15, 0.2) is 0 Å². The van der Waals surface area contributed by atoms with Gasteiger partial charge in [-0.2, -0.15) is 0 Å². The summed E-state index contributed by atoms with van der Waals surface area (Å²) in [6.45, 7) is 2.34. The number of nitrogens with one attached hydrogen (secondary N) is 1. The van der Waals surface area contributed by atoms with Crippen LogP contribution in [0.15, 0.2) is 29.2 Å². The number of rotatable bonds is 5. The van der Waals surface area contributed by atoms with Crippen molar-refractivity contribution in [1.29, 1.82) is 0 Å². The van der Waals surface area contributed by atoms with E-state index in [1.54, 1.807) is 0 Å². The van der Waals surface area contributed by atoms with E-state index in [0.29, 0.717) is 6.04 Å². The van der Waals surface area contributed by atoms with Gasteiger partial charge in [0.1, 0.15) is 0 Å². The zero-order chi connectivity index (χ0) is 13.7. The summed E-state index contributed by atoms with van der Waals surface area (Å²) in [5.74, 6) is 1.79. The van der Waals surface area contributed by atoms with Gasteiger partial charge in [0.2, 0.25) is 0 Å². The molecule has 0 bridgehead atoms. The van der Waals surface area contributed by atoms with Crippen molar-refractivity contribution in [2.24, 2.45) is 11.8 Å². The van der Waals surface area contributed by atoms with Crippen molar-refractivity contribution < 1.29 is 0 Å². The van der Waals surface area contributed by atoms with Crippen molar-refractivity contribution in [2.45, 2.75) is 50.0 Å². The lowest BCUT2D eigenvalue weighted by molar-refractivity contribution is 0.224. The highest BCUT2D eigenvalue weighted by Gasteiger charge is 2.26. The zero-order valence-electron chi connectivity index (χ0n) is 12.5. The van der Waals surface area contributed by atoms with Crippen molar-refractivity contribution in [2.75, 3.05) is 13.3 Å². The summed E-state index contributed by atoms with van der Waals surface area (Å²) in [6, 6.07) is 9.65. The first-order chi connectivity index (χ1) is 9.28. The third-order valence-corrected chi connectivity index (χ3v) is 5.47. The predicted molar refractivity (Wildman–Crippen MR) is 85.8 cm³/mol. The van der Waals surface area contributed by atoms with Gasteiger partial charge in [-0.1, -0.05) is 38.3 Å². The van der Waals surface area contributed by atoms with Crippen molar-refractivity contribution in [3.05, 3.63) is 29.8 Å². The summed E-state index contributed by atoms with van der Waals surface area (Å²) in [4.78, 5) is 1.35. The topological polar surface area (TPSA) is 12.0 Å². The molecule has 0 heterocycles. The van der Waals surface area contributed by atoms with Crippen LogP contribution in [0.4, 0.5) is 0 Å². The minimum Gasteiger partial charge on any atom is -0.313 e. The van der Waals surface area contributed by atoms with Crippen LogP contribution < -0.4 is 5.32 Å². The highest BCUT2D eigenvalue weighted by Crippen LogP contribution is 2.38. The molecule has 1 atom stereocenters. The third kappa shape index (κ3) is 3.76. The van der Waals surface area contributed by atoms with E-state index < -0.39 is 0 Å². The lowest BCUT2D eigenvalue weighted by atomic mass is 9.76. The summed E-state index contributed by atoms with van der Waals surface area (Å²) in [6.07, 6.45) is 9.10. The van der Waals surface area contributed by atoms with Crippen molar-refractivity contribution in [1.82, 2.24) is 5.32 Å². The molecule has 1 aliphatic carbocycles. The van der Waals surface area contributed by atoms with Crippen LogP contribution in [0.3, 0.4) is 0 Å². The molecule has 2 rings (SSSR count). The molecule has 1 aliphatic rings. The van der Waals surface area contributed by atoms with Crippen LogP contribution >= 0.6 is 11.8 Å². The zero-order valence-corrected chi connectivity index (χ0v) is 13.3. The summed E-state index contributed by atoms with van der Waals surface area (Å²) >= 11 is 1.82. The van der Waals surface area contributed by atoms with Gasteiger partial charge in [0.05, 0.1) is 0 Å². The smallest absolute Gasteiger partial charge is 0.0346 e. The quantitative estimate of drug-likeness (QED) is 0.769. The second-order valence-electron chi connectivity index (χ2n) is 5.73. The molecule has 1 fully saturated rings. The summed E-state index contributed by atoms with van der Waals surface area (Å²) in [7, 11) is 2.11. The van der Waals surface area contributed by atoms with Gasteiger partial charge < -0.3 is 5.32 Å². The second-order valence-corrected chi connectivity index (χ2v) is 6.61. The molecule has 0 aromatic heterocycles. The van der Waals surface area contributed by atoms with Gasteiger partial charge in [-0.25, -0.2) is 0 Å². The van der Waals surface area contributed by atoms with E-state index in [4.69, 9.17) is 0 Å². The van der Waals surface area contributed by atoms with Crippen LogP contribution in [0, 0.1) is 11.8 Å². The van der Waals surface area contributed by atoms with E-state index in [9.17, 15) is 0 Å². The molecule has 0 saturated heterocycles. The van der Waals surface area contributed by atoms with E-state index in [1.165, 1.54) is 42.6 Å². The maximum Gasteiger partial charge on any atom is 0.0346 e. The fraction of sp³-hybridized carbons (Fsp3) is 0.647. The lowest BCUT2D eigenvalue weighted by Gasteiger charge is -2.33. The highest BCUT2D eigenvalue weighted by atomic mass is 32.2. The van der Waals surface area contributed by atoms with Gasteiger partial charge in [-0.3, -0.25) is 0 Å². The molecule has 1 unspecified atom stereocenters. The van der Waals surface area contributed by atoms with Crippen LogP contribution in [0.2, 0.25) is 0 Å². The largest absolute Gasteiger partial charge is 0.313 e. The Morgan fingerprint density at radius 2 is 1.79 bits per heavy atom. The van der Waals surface area contributed by atoms with Gasteiger partial charge >= 0.3 is 0 Å². The monoisotopic (exact) mass is 277 g/mol. The molecule has 106 valence electrons. The molecular weight excluding hydrogens is 250 g/mol. The van der Waals surface area contributed by atoms with Gasteiger partial charge in [0.25, 0.3) is 0 Å². The van der Waals surface area contributed by atoms with Gasteiger partial charge in [0, 0.05) is 10.9 Å². The summed E-state index contributed by atoms with van der Waals surface area (Å²) in [5.41, 5.74) is 1.46. The van der Waals surface area contributed by atoms with Crippen molar-refractivity contribution >= 4 is 11.8 Å². The first-order valence-electron chi connectivity index (χ1n) is 7.59. The third-order valence-electron chi connectivity index (χ3n) is 4.73. The van der Waals surface area contributed by atoms with Crippen LogP contribution in [0.1, 0.15) is 50.6 Å². The minimum atomic E-state index is 0.536. The van der Waals surface area contributed by atoms with E-state index >= 15 is 0 Å². The lowest BCUT2D eigenvalue weighted by Crippen LogP contribution is -2.28. The molecule has 1 aromatic rings. The first kappa shape index (κ1) is 14.9. The number of hydrogen-bond donors (Lipinski definition) is 1. The summed E-state index contributed by atoms with van der Waals surface area (Å²) in [5, 5.41) is 3.55. The van der Waals surface area contributed by atoms with E-state index in [2.05, 4.69) is 49.8 Å². The van der Waals surface area contributed by atoms with Crippen LogP contribution in [-0.2, 0) is 0 Å². The Labute approximate surface area is 122 Å². The fourth-order valence-corrected chi connectivity index (χ4v) is 3.82. The molecule has 2 heteroatoms. The Balaban J connectivity index is 2.03. The fourth-order valence-electron chi connectivity index (χ4n) is 3.42. The Kier molecular flexibility index (Phi) is 5.77. The number of hydrogen-bond acceptors (Lipinski definition) is 2. The van der Waals surface area contributed by atoms with E-state index in [-0.39, 0.29) is 0 Å². The summed E-state index contributed by atoms with van der Waals surface area (Å²) < 4.78 is 0. The van der Waals surface area contributed by atoms with Crippen molar-refractivity contribution in [3.63, 3.8) is 0 Å². The molecule has 1 nitrogen and oxygen atoms in total. The van der Waals surface area contributed by atoms with Crippen LogP contribution in [0.25, 0.3) is 0 Å². The Morgan fingerprint density at radius 1 is 1.16 bits per heavy atom. The highest BCUT2D eigenvalue weighted by molar-refractivity contribution is 7.98. The molecule has 1 N–H and O–H groups in total. The number of thioether (sulfide) groups is 1. The maximum atomic E-state index is 3.55. The minimum absolute atomic E-state index is 0.536. The molecule has 0 spiro atoms. The average Bonchev–Trinajstić information content (AvgIpc) is 2.49. The van der Waals surface area contributed by atoms with Gasteiger partial charge in [-0.05, 0) is 55.7 Å². The molecule has 1 saturated carbocycles. The number of benzene rings is 1. The van der Waals surface area contributed by atoms with E-state index in [0.717, 1.165) is 11.8 Å². The molecule has 19 heavy (non-hydrogen) atoms. The standard InChI is InChI=1S/C17H27NS/c1-4-13-5-7-14(8-6-13)17(18-2)15-9-11-16(19-3)12-10-15/h9-14,17-18H,4-8H2,1-3H3. The maximum absolute atomic E-state index is 3.55. The molecular formula is C17H27NS. The predicted octanol–water partition coefficient (Wildman–Crippen LogP) is 4.89. The Hall–Kier alpha value is -0.470. The second kappa shape index (κ2) is 7.35. The molecule has 0 amide bonds. The molecule has 1 aromatic carbocycles. The average molecular weight is 277 g/mol. The Morgan fingerprint density at radius 3 is 2.26 bits per heavy atom. The van der Waals surface area contributed by atoms with Crippen LogP contribution in [-0.4, -0.2) is 13.3 Å². The SMILES string of the molecule is CCC1CCC(C(NC)c2ccc(SC)cc2)CC1. The van der Waals surface area contributed by atoms with E-state index in [1.807, 2.05) is 11.8 Å². The van der Waals surface area contributed by atoms with Crippen LogP contribution in [0.5, 0.6) is 0 Å². The Bertz CT molecular complexity index is 365. The first-order valence-corrected chi connectivity index (χ1v) is 8.82. The normalized spacial score (nSPS) is 25.2. The van der Waals surface area contributed by atoms with Crippen molar-refractivity contribution in [3.8, 4) is 0 Å². The van der Waals surface area contributed by atoms with Gasteiger partial charge in [-0.15, -0.1) is 11.8 Å².